The number of nitrogens with zero attached hydrogens (tertiary/aromatic N) is 3. The molecule has 1 heterocycles. The Hall–Kier alpha value is -2.03. The molecule has 9 heteroatoms. The maximum absolute atomic E-state index is 11.4. The van der Waals surface area contributed by atoms with E-state index >= 15 is 0 Å². The lowest BCUT2D eigenvalue weighted by atomic mass is 10.0. The summed E-state index contributed by atoms with van der Waals surface area (Å²) in [4.78, 5) is 15.3. The van der Waals surface area contributed by atoms with Crippen molar-refractivity contribution in [2.75, 3.05) is 19.6 Å². The van der Waals surface area contributed by atoms with E-state index in [-0.39, 0.29) is 24.0 Å². The number of aliphatic imine (C=N–C) groups is 1. The van der Waals surface area contributed by atoms with Crippen molar-refractivity contribution in [2.45, 2.75) is 37.8 Å². The van der Waals surface area contributed by atoms with E-state index in [0.29, 0.717) is 19.4 Å². The van der Waals surface area contributed by atoms with E-state index in [1.165, 1.54) is 0 Å². The minimum Gasteiger partial charge on any atom is -0.370 e. The van der Waals surface area contributed by atoms with Gasteiger partial charge in [0, 0.05) is 13.1 Å². The Morgan fingerprint density at radius 3 is 2.62 bits per heavy atom. The van der Waals surface area contributed by atoms with Crippen molar-refractivity contribution >= 4 is 18.2 Å². The molecule has 9 N–H and O–H groups in total. The van der Waals surface area contributed by atoms with E-state index in [0.717, 1.165) is 32.2 Å². The first-order valence-corrected chi connectivity index (χ1v) is 7.14. The Kier molecular flexibility index (Phi) is 7.30. The smallest absolute Gasteiger partial charge is 0.208 e. The van der Waals surface area contributed by atoms with Crippen LogP contribution in [0.3, 0.4) is 0 Å². The van der Waals surface area contributed by atoms with Gasteiger partial charge in [-0.3, -0.25) is 10.0 Å². The Bertz CT molecular complexity index is 369. The minimum atomic E-state index is -0.383. The number of hydrazone groups is 1. The fourth-order valence-electron chi connectivity index (χ4n) is 2.39. The van der Waals surface area contributed by atoms with Crippen molar-refractivity contribution in [1.29, 1.82) is 0 Å². The van der Waals surface area contributed by atoms with Crippen molar-refractivity contribution in [2.24, 2.45) is 33.0 Å². The van der Waals surface area contributed by atoms with Crippen LogP contribution in [0.25, 0.3) is 0 Å². The highest BCUT2D eigenvalue weighted by Crippen LogP contribution is 2.16. The second kappa shape index (κ2) is 9.01. The summed E-state index contributed by atoms with van der Waals surface area (Å²) in [5, 5.41) is 9.13. The third-order valence-corrected chi connectivity index (χ3v) is 3.33. The maximum Gasteiger partial charge on any atom is 0.208 e. The quantitative estimate of drug-likeness (QED) is 0.112. The number of piperidine rings is 1. The van der Waals surface area contributed by atoms with Crippen molar-refractivity contribution in [3.05, 3.63) is 0 Å². The van der Waals surface area contributed by atoms with Crippen molar-refractivity contribution in [1.82, 2.24) is 10.3 Å². The van der Waals surface area contributed by atoms with Crippen LogP contribution in [0.2, 0.25) is 0 Å². The largest absolute Gasteiger partial charge is 0.370 e. The number of nitrogens with one attached hydrogen (secondary N) is 1. The van der Waals surface area contributed by atoms with Crippen LogP contribution in [0.5, 0.6) is 0 Å². The SMILES string of the molecule is NC(N)=NCCC[C@@H](C=O)N(N=C(N)N)C1CCCNC1. The fourth-order valence-corrected chi connectivity index (χ4v) is 2.39. The van der Waals surface area contributed by atoms with Gasteiger partial charge >= 0.3 is 0 Å². The van der Waals surface area contributed by atoms with Gasteiger partial charge in [-0.1, -0.05) is 0 Å². The average Bonchev–Trinajstić information content (AvgIpc) is 2.46. The predicted molar refractivity (Wildman–Crippen MR) is 83.3 cm³/mol. The first-order chi connectivity index (χ1) is 10.0. The second-order valence-corrected chi connectivity index (χ2v) is 5.06. The summed E-state index contributed by atoms with van der Waals surface area (Å²) >= 11 is 0. The number of nitrogens with two attached hydrogens (primary N) is 4. The number of carbonyl (C=O) groups excluding carboxylic acids is 1. The zero-order valence-corrected chi connectivity index (χ0v) is 12.2. The molecule has 21 heavy (non-hydrogen) atoms. The van der Waals surface area contributed by atoms with Gasteiger partial charge in [0.05, 0.1) is 6.04 Å². The van der Waals surface area contributed by atoms with E-state index < -0.39 is 0 Å². The van der Waals surface area contributed by atoms with Gasteiger partial charge in [-0.25, -0.2) is 0 Å². The monoisotopic (exact) mass is 298 g/mol. The van der Waals surface area contributed by atoms with Crippen molar-refractivity contribution in [3.8, 4) is 0 Å². The molecule has 1 saturated heterocycles. The number of rotatable bonds is 8. The first kappa shape index (κ1) is 17.0. The summed E-state index contributed by atoms with van der Waals surface area (Å²) in [5.41, 5.74) is 21.5. The Balaban J connectivity index is 2.66. The lowest BCUT2D eigenvalue weighted by Gasteiger charge is -2.36. The van der Waals surface area contributed by atoms with Gasteiger partial charge < -0.3 is 33.0 Å². The van der Waals surface area contributed by atoms with E-state index in [2.05, 4.69) is 15.4 Å². The maximum atomic E-state index is 11.4. The Morgan fingerprint density at radius 1 is 1.33 bits per heavy atom. The molecule has 2 atom stereocenters. The molecule has 0 saturated carbocycles. The Labute approximate surface area is 124 Å². The summed E-state index contributed by atoms with van der Waals surface area (Å²) in [7, 11) is 0. The zero-order chi connectivity index (χ0) is 15.7. The van der Waals surface area contributed by atoms with Gasteiger partial charge in [0.15, 0.2) is 5.96 Å². The van der Waals surface area contributed by atoms with Crippen LogP contribution in [-0.2, 0) is 4.79 Å². The van der Waals surface area contributed by atoms with Crippen LogP contribution in [0, 0.1) is 0 Å². The summed E-state index contributed by atoms with van der Waals surface area (Å²) in [5.74, 6) is 0.00635. The van der Waals surface area contributed by atoms with Gasteiger partial charge in [0.1, 0.15) is 12.3 Å². The number of guanidine groups is 2. The summed E-state index contributed by atoms with van der Waals surface area (Å²) in [6, 6.07) is -0.273. The van der Waals surface area contributed by atoms with Crippen LogP contribution in [0.1, 0.15) is 25.7 Å². The lowest BCUT2D eigenvalue weighted by molar-refractivity contribution is -0.113. The molecule has 1 aliphatic rings. The molecule has 120 valence electrons. The average molecular weight is 298 g/mol. The van der Waals surface area contributed by atoms with E-state index in [1.807, 2.05) is 0 Å². The Morgan fingerprint density at radius 2 is 2.10 bits per heavy atom. The lowest BCUT2D eigenvalue weighted by Crippen LogP contribution is -2.49. The molecule has 9 nitrogen and oxygen atoms in total. The highest BCUT2D eigenvalue weighted by atomic mass is 16.1. The molecule has 0 radical (unpaired) electrons. The summed E-state index contributed by atoms with van der Waals surface area (Å²) in [6.45, 7) is 2.21. The molecule has 1 rings (SSSR count). The van der Waals surface area contributed by atoms with Crippen LogP contribution < -0.4 is 28.3 Å². The molecular formula is C12H26N8O. The van der Waals surface area contributed by atoms with Gasteiger partial charge in [0.25, 0.3) is 0 Å². The molecule has 0 aromatic heterocycles. The topological polar surface area (TPSA) is 161 Å². The molecule has 1 aliphatic heterocycles. The van der Waals surface area contributed by atoms with Crippen LogP contribution in [0.4, 0.5) is 0 Å². The second-order valence-electron chi connectivity index (χ2n) is 5.06. The zero-order valence-electron chi connectivity index (χ0n) is 12.2. The normalized spacial score (nSPS) is 19.3. The number of hydrogen-bond donors (Lipinski definition) is 5. The molecule has 1 fully saturated rings. The van der Waals surface area contributed by atoms with Gasteiger partial charge in [0.2, 0.25) is 5.96 Å². The van der Waals surface area contributed by atoms with Crippen LogP contribution in [0.15, 0.2) is 10.1 Å². The number of hydrogen-bond acceptors (Lipinski definition) is 5. The van der Waals surface area contributed by atoms with Gasteiger partial charge in [-0.2, -0.15) is 0 Å². The molecule has 0 spiro atoms. The molecule has 0 amide bonds. The van der Waals surface area contributed by atoms with E-state index in [1.54, 1.807) is 5.01 Å². The summed E-state index contributed by atoms with van der Waals surface area (Å²) in [6.07, 6.45) is 4.12. The highest BCUT2D eigenvalue weighted by molar-refractivity contribution is 5.76. The van der Waals surface area contributed by atoms with Gasteiger partial charge in [-0.05, 0) is 32.2 Å². The summed E-state index contributed by atoms with van der Waals surface area (Å²) < 4.78 is 0. The third-order valence-electron chi connectivity index (χ3n) is 3.33. The van der Waals surface area contributed by atoms with Crippen LogP contribution >= 0.6 is 0 Å². The molecular weight excluding hydrogens is 272 g/mol. The molecule has 1 unspecified atom stereocenters. The number of carbonyl (C=O) groups is 1. The standard InChI is InChI=1S/C12H26N8O/c13-11(14)18-6-2-4-10(8-21)20(19-12(15)16)9-3-1-5-17-7-9/h8-10,17H,1-7H2,(H4,13,14,18)(H4,15,16,19)/t9?,10-/m0/s1. The molecule has 0 aromatic rings. The van der Waals surface area contributed by atoms with Crippen molar-refractivity contribution < 1.29 is 4.79 Å². The highest BCUT2D eigenvalue weighted by Gasteiger charge is 2.26. The molecule has 0 aromatic carbocycles. The number of aldehydes is 1. The first-order valence-electron chi connectivity index (χ1n) is 7.14. The van der Waals surface area contributed by atoms with E-state index in [9.17, 15) is 4.79 Å². The molecule has 0 aliphatic carbocycles. The van der Waals surface area contributed by atoms with Crippen molar-refractivity contribution in [3.63, 3.8) is 0 Å². The predicted octanol–water partition coefficient (Wildman–Crippen LogP) is -2.15. The fraction of sp³-hybridized carbons (Fsp3) is 0.750. The van der Waals surface area contributed by atoms with Crippen LogP contribution in [-0.4, -0.2) is 54.9 Å². The minimum absolute atomic E-state index is 0.0448. The molecule has 0 bridgehead atoms. The van der Waals surface area contributed by atoms with E-state index in [4.69, 9.17) is 22.9 Å². The van der Waals surface area contributed by atoms with Gasteiger partial charge in [-0.15, -0.1) is 5.10 Å². The third kappa shape index (κ3) is 6.30.